The summed E-state index contributed by atoms with van der Waals surface area (Å²) < 4.78 is 14.2. The molecule has 2 nitrogen and oxygen atoms in total. The van der Waals surface area contributed by atoms with Gasteiger partial charge in [0.1, 0.15) is 5.82 Å². The zero-order chi connectivity index (χ0) is 13.5. The molecule has 1 fully saturated rings. The maximum atomic E-state index is 14.2. The van der Waals surface area contributed by atoms with E-state index in [-0.39, 0.29) is 5.82 Å². The van der Waals surface area contributed by atoms with Crippen molar-refractivity contribution in [3.05, 3.63) is 29.6 Å². The van der Waals surface area contributed by atoms with Crippen LogP contribution in [0.1, 0.15) is 44.6 Å². The van der Waals surface area contributed by atoms with Gasteiger partial charge in [-0.15, -0.1) is 0 Å². The lowest BCUT2D eigenvalue weighted by Crippen LogP contribution is -2.25. The zero-order valence-electron chi connectivity index (χ0n) is 11.9. The van der Waals surface area contributed by atoms with Gasteiger partial charge in [-0.25, -0.2) is 4.39 Å². The fraction of sp³-hybridized carbons (Fsp3) is 0.625. The minimum absolute atomic E-state index is 0.0716. The van der Waals surface area contributed by atoms with E-state index in [4.69, 9.17) is 0 Å². The van der Waals surface area contributed by atoms with Crippen LogP contribution in [0.2, 0.25) is 0 Å². The molecular weight excluding hydrogens is 239 g/mol. The van der Waals surface area contributed by atoms with E-state index in [9.17, 15) is 4.39 Å². The van der Waals surface area contributed by atoms with Crippen molar-refractivity contribution in [3.8, 4) is 0 Å². The molecule has 0 aromatic heterocycles. The van der Waals surface area contributed by atoms with Crippen molar-refractivity contribution in [1.29, 1.82) is 0 Å². The minimum atomic E-state index is -0.0716. The van der Waals surface area contributed by atoms with Crippen LogP contribution in [0, 0.1) is 5.82 Å². The molecule has 0 unspecified atom stereocenters. The van der Waals surface area contributed by atoms with Crippen LogP contribution in [-0.2, 0) is 6.54 Å². The Hall–Kier alpha value is -1.09. The first kappa shape index (κ1) is 14.3. The molecule has 1 aliphatic rings. The fourth-order valence-electron chi connectivity index (χ4n) is 2.64. The van der Waals surface area contributed by atoms with Crippen molar-refractivity contribution < 1.29 is 4.39 Å². The van der Waals surface area contributed by atoms with E-state index in [1.54, 1.807) is 6.07 Å². The molecule has 0 aliphatic carbocycles. The summed E-state index contributed by atoms with van der Waals surface area (Å²) in [5, 5.41) is 3.31. The van der Waals surface area contributed by atoms with Gasteiger partial charge in [0, 0.05) is 19.6 Å². The Kier molecular flexibility index (Phi) is 5.64. The van der Waals surface area contributed by atoms with Crippen LogP contribution < -0.4 is 10.2 Å². The molecule has 1 N–H and O–H groups in total. The van der Waals surface area contributed by atoms with Crippen molar-refractivity contribution >= 4 is 5.69 Å². The maximum Gasteiger partial charge on any atom is 0.146 e. The predicted octanol–water partition coefficient (Wildman–Crippen LogP) is 3.71. The van der Waals surface area contributed by atoms with Gasteiger partial charge in [-0.1, -0.05) is 25.8 Å². The molecule has 2 rings (SSSR count). The van der Waals surface area contributed by atoms with Gasteiger partial charge in [0.05, 0.1) is 5.69 Å². The van der Waals surface area contributed by atoms with Crippen molar-refractivity contribution in [1.82, 2.24) is 5.32 Å². The third kappa shape index (κ3) is 4.20. The second-order valence-corrected chi connectivity index (χ2v) is 5.36. The number of nitrogens with one attached hydrogen (secondary N) is 1. The van der Waals surface area contributed by atoms with Crippen LogP contribution in [0.4, 0.5) is 10.1 Å². The Morgan fingerprint density at radius 2 is 1.89 bits per heavy atom. The summed E-state index contributed by atoms with van der Waals surface area (Å²) in [4.78, 5) is 2.20. The Balaban J connectivity index is 2.01. The smallest absolute Gasteiger partial charge is 0.146 e. The molecule has 106 valence electrons. The summed E-state index contributed by atoms with van der Waals surface area (Å²) in [7, 11) is 0. The van der Waals surface area contributed by atoms with E-state index in [0.29, 0.717) is 0 Å². The number of hydrogen-bond acceptors (Lipinski definition) is 2. The first-order chi connectivity index (χ1) is 9.31. The van der Waals surface area contributed by atoms with Gasteiger partial charge in [-0.2, -0.15) is 0 Å². The SMILES string of the molecule is CCCNCc1ccc(N2CCCCCC2)c(F)c1. The van der Waals surface area contributed by atoms with Crippen LogP contribution in [0.15, 0.2) is 18.2 Å². The molecule has 0 spiro atoms. The molecule has 0 radical (unpaired) electrons. The van der Waals surface area contributed by atoms with E-state index < -0.39 is 0 Å². The van der Waals surface area contributed by atoms with Crippen LogP contribution in [0.5, 0.6) is 0 Å². The first-order valence-electron chi connectivity index (χ1n) is 7.55. The molecular formula is C16H25FN2. The summed E-state index contributed by atoms with van der Waals surface area (Å²) in [6.45, 7) is 5.85. The number of rotatable bonds is 5. The number of anilines is 1. The van der Waals surface area contributed by atoms with Gasteiger partial charge in [0.15, 0.2) is 0 Å². The van der Waals surface area contributed by atoms with Gasteiger partial charge in [-0.3, -0.25) is 0 Å². The molecule has 0 amide bonds. The van der Waals surface area contributed by atoms with Gasteiger partial charge >= 0.3 is 0 Å². The highest BCUT2D eigenvalue weighted by molar-refractivity contribution is 5.49. The topological polar surface area (TPSA) is 15.3 Å². The number of benzene rings is 1. The number of halogens is 1. The second-order valence-electron chi connectivity index (χ2n) is 5.36. The first-order valence-corrected chi connectivity index (χ1v) is 7.55. The standard InChI is InChI=1S/C16H25FN2/c1-2-9-18-13-14-7-8-16(15(17)12-14)19-10-5-3-4-6-11-19/h7-8,12,18H,2-6,9-11,13H2,1H3. The number of hydrogen-bond donors (Lipinski definition) is 1. The predicted molar refractivity (Wildman–Crippen MR) is 79.1 cm³/mol. The molecule has 19 heavy (non-hydrogen) atoms. The van der Waals surface area contributed by atoms with Gasteiger partial charge in [0.25, 0.3) is 0 Å². The van der Waals surface area contributed by atoms with Gasteiger partial charge < -0.3 is 10.2 Å². The summed E-state index contributed by atoms with van der Waals surface area (Å²) in [5.41, 5.74) is 1.81. The average Bonchev–Trinajstić information content (AvgIpc) is 2.68. The van der Waals surface area contributed by atoms with Crippen molar-refractivity contribution in [2.45, 2.75) is 45.6 Å². The van der Waals surface area contributed by atoms with Crippen LogP contribution >= 0.6 is 0 Å². The highest BCUT2D eigenvalue weighted by atomic mass is 19.1. The van der Waals surface area contributed by atoms with Crippen molar-refractivity contribution in [2.24, 2.45) is 0 Å². The van der Waals surface area contributed by atoms with E-state index >= 15 is 0 Å². The van der Waals surface area contributed by atoms with E-state index in [2.05, 4.69) is 17.1 Å². The normalized spacial score (nSPS) is 16.4. The Morgan fingerprint density at radius 3 is 2.53 bits per heavy atom. The Morgan fingerprint density at radius 1 is 1.16 bits per heavy atom. The Bertz CT molecular complexity index is 384. The second kappa shape index (κ2) is 7.49. The van der Waals surface area contributed by atoms with Crippen LogP contribution in [-0.4, -0.2) is 19.6 Å². The quantitative estimate of drug-likeness (QED) is 0.816. The maximum absolute atomic E-state index is 14.2. The lowest BCUT2D eigenvalue weighted by Gasteiger charge is -2.23. The van der Waals surface area contributed by atoms with Crippen molar-refractivity contribution in [3.63, 3.8) is 0 Å². The summed E-state index contributed by atoms with van der Waals surface area (Å²) in [5.74, 6) is -0.0716. The molecule has 3 heteroatoms. The summed E-state index contributed by atoms with van der Waals surface area (Å²) >= 11 is 0. The molecule has 1 aliphatic heterocycles. The molecule has 0 atom stereocenters. The summed E-state index contributed by atoms with van der Waals surface area (Å²) in [6.07, 6.45) is 6.01. The molecule has 0 saturated carbocycles. The molecule has 1 aromatic carbocycles. The highest BCUT2D eigenvalue weighted by Gasteiger charge is 2.13. The van der Waals surface area contributed by atoms with Crippen molar-refractivity contribution in [2.75, 3.05) is 24.5 Å². The average molecular weight is 264 g/mol. The molecule has 1 saturated heterocycles. The zero-order valence-corrected chi connectivity index (χ0v) is 11.9. The lowest BCUT2D eigenvalue weighted by atomic mass is 10.1. The van der Waals surface area contributed by atoms with E-state index in [1.165, 1.54) is 25.7 Å². The van der Waals surface area contributed by atoms with Crippen LogP contribution in [0.25, 0.3) is 0 Å². The number of nitrogens with zero attached hydrogens (tertiary/aromatic N) is 1. The van der Waals surface area contributed by atoms with Gasteiger partial charge in [-0.05, 0) is 43.5 Å². The van der Waals surface area contributed by atoms with Gasteiger partial charge in [0.2, 0.25) is 0 Å². The third-order valence-corrected chi connectivity index (χ3v) is 3.71. The highest BCUT2D eigenvalue weighted by Crippen LogP contribution is 2.23. The fourth-order valence-corrected chi connectivity index (χ4v) is 2.64. The lowest BCUT2D eigenvalue weighted by molar-refractivity contribution is 0.609. The van der Waals surface area contributed by atoms with E-state index in [1.807, 2.05) is 12.1 Å². The summed E-state index contributed by atoms with van der Waals surface area (Å²) in [6, 6.07) is 5.68. The van der Waals surface area contributed by atoms with Crippen LogP contribution in [0.3, 0.4) is 0 Å². The largest absolute Gasteiger partial charge is 0.369 e. The molecule has 1 heterocycles. The monoisotopic (exact) mass is 264 g/mol. The minimum Gasteiger partial charge on any atom is -0.369 e. The van der Waals surface area contributed by atoms with E-state index in [0.717, 1.165) is 43.9 Å². The third-order valence-electron chi connectivity index (χ3n) is 3.71. The Labute approximate surface area is 116 Å². The molecule has 0 bridgehead atoms. The molecule has 1 aromatic rings.